The number of methoxy groups -OCH3 is 2. The van der Waals surface area contributed by atoms with Gasteiger partial charge in [-0.15, -0.1) is 0 Å². The van der Waals surface area contributed by atoms with E-state index in [-0.39, 0.29) is 0 Å². The topological polar surface area (TPSA) is 18.5 Å². The Morgan fingerprint density at radius 1 is 0.889 bits per heavy atom. The van der Waals surface area contributed by atoms with Crippen LogP contribution in [0.4, 0.5) is 0 Å². The molecular weight excluding hydrogens is 224 g/mol. The molecule has 0 amide bonds. The molecule has 3 rings (SSSR count). The zero-order valence-electron chi connectivity index (χ0n) is 11.3. The monoisotopic (exact) mass is 242 g/mol. The van der Waals surface area contributed by atoms with Crippen LogP contribution in [0.3, 0.4) is 0 Å². The van der Waals surface area contributed by atoms with Gasteiger partial charge in [0, 0.05) is 23.0 Å². The van der Waals surface area contributed by atoms with Crippen molar-refractivity contribution in [1.29, 1.82) is 0 Å². The minimum absolute atomic E-state index is 0.375. The Bertz CT molecular complexity index is 520. The van der Waals surface area contributed by atoms with Crippen molar-refractivity contribution in [3.63, 3.8) is 0 Å². The standard InChI is InChI=1S/C16H18O2/c1-9(2)14-10-5-6-11(14)16-13(18-4)8-7-12(17-3)15(10)16/h5-8,10-11H,1-4H3/t10-,11-/m0/s1. The molecule has 0 fully saturated rings. The van der Waals surface area contributed by atoms with Gasteiger partial charge >= 0.3 is 0 Å². The van der Waals surface area contributed by atoms with Gasteiger partial charge in [0.1, 0.15) is 11.5 Å². The van der Waals surface area contributed by atoms with E-state index in [1.54, 1.807) is 14.2 Å². The molecule has 0 radical (unpaired) electrons. The Morgan fingerprint density at radius 2 is 1.33 bits per heavy atom. The van der Waals surface area contributed by atoms with Gasteiger partial charge in [0.15, 0.2) is 0 Å². The highest BCUT2D eigenvalue weighted by atomic mass is 16.5. The van der Waals surface area contributed by atoms with Gasteiger partial charge in [-0.3, -0.25) is 0 Å². The van der Waals surface area contributed by atoms with Crippen molar-refractivity contribution in [3.8, 4) is 11.5 Å². The van der Waals surface area contributed by atoms with Crippen LogP contribution < -0.4 is 9.47 Å². The Balaban J connectivity index is 2.28. The molecular formula is C16H18O2. The lowest BCUT2D eigenvalue weighted by molar-refractivity contribution is 0.396. The minimum atomic E-state index is 0.375. The Labute approximate surface area is 108 Å². The molecule has 2 nitrogen and oxygen atoms in total. The summed E-state index contributed by atoms with van der Waals surface area (Å²) >= 11 is 0. The van der Waals surface area contributed by atoms with Crippen LogP contribution in [-0.2, 0) is 0 Å². The van der Waals surface area contributed by atoms with E-state index in [9.17, 15) is 0 Å². The average Bonchev–Trinajstić information content (AvgIpc) is 2.94. The maximum absolute atomic E-state index is 5.53. The van der Waals surface area contributed by atoms with E-state index in [4.69, 9.17) is 9.47 Å². The molecule has 0 N–H and O–H groups in total. The number of fused-ring (bicyclic) bond motifs is 5. The van der Waals surface area contributed by atoms with Crippen LogP contribution in [0.15, 0.2) is 35.4 Å². The molecule has 2 aliphatic rings. The molecule has 0 heterocycles. The van der Waals surface area contributed by atoms with Crippen molar-refractivity contribution in [2.45, 2.75) is 25.7 Å². The SMILES string of the molecule is COc1ccc(OC)c2c1[C@H]1C=C[C@H]2C1=C(C)C. The fraction of sp³-hybridized carbons (Fsp3) is 0.375. The third-order valence-corrected chi connectivity index (χ3v) is 4.01. The zero-order chi connectivity index (χ0) is 12.9. The molecule has 0 aliphatic heterocycles. The summed E-state index contributed by atoms with van der Waals surface area (Å²) in [5, 5.41) is 0. The van der Waals surface area contributed by atoms with Crippen LogP contribution in [0.5, 0.6) is 11.5 Å². The molecule has 18 heavy (non-hydrogen) atoms. The normalized spacial score (nSPS) is 23.2. The Hall–Kier alpha value is -1.70. The molecule has 0 saturated heterocycles. The molecule has 2 heteroatoms. The lowest BCUT2D eigenvalue weighted by Crippen LogP contribution is -2.00. The molecule has 0 unspecified atom stereocenters. The summed E-state index contributed by atoms with van der Waals surface area (Å²) in [5.41, 5.74) is 5.48. The van der Waals surface area contributed by atoms with Crippen LogP contribution in [0.25, 0.3) is 0 Å². The van der Waals surface area contributed by atoms with Gasteiger partial charge in [0.05, 0.1) is 14.2 Å². The molecule has 2 atom stereocenters. The molecule has 0 spiro atoms. The number of allylic oxidation sites excluding steroid dienone is 4. The maximum atomic E-state index is 5.53. The smallest absolute Gasteiger partial charge is 0.123 e. The minimum Gasteiger partial charge on any atom is -0.496 e. The zero-order valence-corrected chi connectivity index (χ0v) is 11.3. The first-order valence-electron chi connectivity index (χ1n) is 6.29. The number of benzene rings is 1. The molecule has 2 bridgehead atoms. The van der Waals surface area contributed by atoms with E-state index in [0.717, 1.165) is 11.5 Å². The van der Waals surface area contributed by atoms with Gasteiger partial charge in [0.2, 0.25) is 0 Å². The highest BCUT2D eigenvalue weighted by molar-refractivity contribution is 5.68. The van der Waals surface area contributed by atoms with E-state index >= 15 is 0 Å². The van der Waals surface area contributed by atoms with Crippen molar-refractivity contribution in [1.82, 2.24) is 0 Å². The molecule has 0 saturated carbocycles. The summed E-state index contributed by atoms with van der Waals surface area (Å²) in [6.07, 6.45) is 4.58. The summed E-state index contributed by atoms with van der Waals surface area (Å²) in [6.45, 7) is 4.38. The van der Waals surface area contributed by atoms with Crippen molar-refractivity contribution in [2.24, 2.45) is 0 Å². The first-order chi connectivity index (χ1) is 8.69. The third kappa shape index (κ3) is 1.29. The van der Waals surface area contributed by atoms with Crippen LogP contribution in [-0.4, -0.2) is 14.2 Å². The van der Waals surface area contributed by atoms with E-state index in [0.29, 0.717) is 11.8 Å². The van der Waals surface area contributed by atoms with Crippen LogP contribution in [0, 0.1) is 0 Å². The summed E-state index contributed by atoms with van der Waals surface area (Å²) < 4.78 is 11.1. The summed E-state index contributed by atoms with van der Waals surface area (Å²) in [7, 11) is 3.47. The van der Waals surface area contributed by atoms with Gasteiger partial charge in [-0.1, -0.05) is 17.7 Å². The van der Waals surface area contributed by atoms with E-state index in [1.165, 1.54) is 22.3 Å². The first kappa shape index (κ1) is 11.4. The fourth-order valence-electron chi connectivity index (χ4n) is 3.34. The second-order valence-corrected chi connectivity index (χ2v) is 5.09. The van der Waals surface area contributed by atoms with E-state index in [1.807, 2.05) is 12.1 Å². The van der Waals surface area contributed by atoms with E-state index < -0.39 is 0 Å². The van der Waals surface area contributed by atoms with Gasteiger partial charge < -0.3 is 9.47 Å². The summed E-state index contributed by atoms with van der Waals surface area (Å²) in [4.78, 5) is 0. The Kier molecular flexibility index (Phi) is 2.47. The quantitative estimate of drug-likeness (QED) is 0.734. The van der Waals surface area contributed by atoms with Crippen molar-refractivity contribution in [3.05, 3.63) is 46.6 Å². The van der Waals surface area contributed by atoms with Gasteiger partial charge in [-0.05, 0) is 31.6 Å². The summed E-state index contributed by atoms with van der Waals surface area (Å²) in [6, 6.07) is 4.02. The molecule has 2 aliphatic carbocycles. The van der Waals surface area contributed by atoms with Crippen LogP contribution in [0.1, 0.15) is 36.8 Å². The second-order valence-electron chi connectivity index (χ2n) is 5.09. The molecule has 1 aromatic rings. The van der Waals surface area contributed by atoms with Gasteiger partial charge in [-0.2, -0.15) is 0 Å². The number of hydrogen-bond acceptors (Lipinski definition) is 2. The Morgan fingerprint density at radius 3 is 1.67 bits per heavy atom. The largest absolute Gasteiger partial charge is 0.496 e. The fourth-order valence-corrected chi connectivity index (χ4v) is 3.34. The second kappa shape index (κ2) is 3.91. The maximum Gasteiger partial charge on any atom is 0.123 e. The number of rotatable bonds is 2. The van der Waals surface area contributed by atoms with Crippen LogP contribution >= 0.6 is 0 Å². The summed E-state index contributed by atoms with van der Waals surface area (Å²) in [5.74, 6) is 2.70. The molecule has 0 aromatic heterocycles. The van der Waals surface area contributed by atoms with Crippen molar-refractivity contribution >= 4 is 0 Å². The molecule has 1 aromatic carbocycles. The van der Waals surface area contributed by atoms with Crippen molar-refractivity contribution in [2.75, 3.05) is 14.2 Å². The average molecular weight is 242 g/mol. The number of ether oxygens (including phenoxy) is 2. The lowest BCUT2D eigenvalue weighted by atomic mass is 9.95. The highest BCUT2D eigenvalue weighted by Gasteiger charge is 2.42. The van der Waals surface area contributed by atoms with E-state index in [2.05, 4.69) is 26.0 Å². The first-order valence-corrected chi connectivity index (χ1v) is 6.29. The predicted molar refractivity (Wildman–Crippen MR) is 72.5 cm³/mol. The predicted octanol–water partition coefficient (Wildman–Crippen LogP) is 3.79. The van der Waals surface area contributed by atoms with Gasteiger partial charge in [-0.25, -0.2) is 0 Å². The highest BCUT2D eigenvalue weighted by Crippen LogP contribution is 2.58. The molecule has 94 valence electrons. The van der Waals surface area contributed by atoms with Crippen molar-refractivity contribution < 1.29 is 9.47 Å². The lowest BCUT2D eigenvalue weighted by Gasteiger charge is -2.17. The van der Waals surface area contributed by atoms with Gasteiger partial charge in [0.25, 0.3) is 0 Å². The van der Waals surface area contributed by atoms with Crippen LogP contribution in [0.2, 0.25) is 0 Å². The third-order valence-electron chi connectivity index (χ3n) is 4.01. The number of hydrogen-bond donors (Lipinski definition) is 0.